The molecule has 0 fully saturated rings. The van der Waals surface area contributed by atoms with Crippen LogP contribution in [-0.4, -0.2) is 29.7 Å². The van der Waals surface area contributed by atoms with Crippen LogP contribution in [-0.2, 0) is 0 Å². The van der Waals surface area contributed by atoms with Gasteiger partial charge in [0.05, 0.1) is 0 Å². The number of hydrogen-bond acceptors (Lipinski definition) is 4. The molecule has 0 spiro atoms. The van der Waals surface area contributed by atoms with Crippen molar-refractivity contribution in [3.63, 3.8) is 0 Å². The van der Waals surface area contributed by atoms with Gasteiger partial charge in [0.2, 0.25) is 0 Å². The zero-order valence-corrected chi connectivity index (χ0v) is 9.27. The van der Waals surface area contributed by atoms with E-state index in [1.807, 2.05) is 0 Å². The maximum Gasteiger partial charge on any atom is 0.162 e. The van der Waals surface area contributed by atoms with Gasteiger partial charge in [-0.1, -0.05) is 0 Å². The molecule has 1 heterocycles. The van der Waals surface area contributed by atoms with E-state index in [0.717, 1.165) is 6.29 Å². The number of fused-ring (bicyclic) bond motifs is 1. The standard InChI is InChI=1S/C12H14O4/c1-12(2)11(14)7-15-9-4-3-8(6-13)5-10(9)16-12/h3-6,11,14H,7H2,1-2H3/t11-/m1/s1. The van der Waals surface area contributed by atoms with E-state index < -0.39 is 11.7 Å². The van der Waals surface area contributed by atoms with Crippen LogP contribution < -0.4 is 9.47 Å². The third kappa shape index (κ3) is 1.88. The molecule has 0 aliphatic carbocycles. The van der Waals surface area contributed by atoms with Gasteiger partial charge in [-0.2, -0.15) is 0 Å². The van der Waals surface area contributed by atoms with Crippen molar-refractivity contribution in [2.24, 2.45) is 0 Å². The summed E-state index contributed by atoms with van der Waals surface area (Å²) in [5.74, 6) is 1.04. The predicted molar refractivity (Wildman–Crippen MR) is 58.0 cm³/mol. The van der Waals surface area contributed by atoms with E-state index in [9.17, 15) is 9.90 Å². The summed E-state index contributed by atoms with van der Waals surface area (Å²) in [7, 11) is 0. The van der Waals surface area contributed by atoms with Gasteiger partial charge in [0.1, 0.15) is 24.6 Å². The van der Waals surface area contributed by atoms with Gasteiger partial charge >= 0.3 is 0 Å². The highest BCUT2D eigenvalue weighted by molar-refractivity contribution is 5.76. The Hall–Kier alpha value is -1.55. The first-order chi connectivity index (χ1) is 7.53. The molecule has 1 N–H and O–H groups in total. The Morgan fingerprint density at radius 3 is 2.88 bits per heavy atom. The van der Waals surface area contributed by atoms with Crippen LogP contribution >= 0.6 is 0 Å². The molecule has 86 valence electrons. The molecule has 0 saturated heterocycles. The Bertz CT molecular complexity index is 411. The first kappa shape index (κ1) is 11.0. The molecule has 2 rings (SSSR count). The first-order valence-corrected chi connectivity index (χ1v) is 5.12. The summed E-state index contributed by atoms with van der Waals surface area (Å²) >= 11 is 0. The van der Waals surface area contributed by atoms with Gasteiger partial charge in [-0.15, -0.1) is 0 Å². The summed E-state index contributed by atoms with van der Waals surface area (Å²) in [6, 6.07) is 4.94. The van der Waals surface area contributed by atoms with E-state index in [4.69, 9.17) is 9.47 Å². The normalized spacial score (nSPS) is 22.3. The molecule has 0 amide bonds. The van der Waals surface area contributed by atoms with Gasteiger partial charge in [0.15, 0.2) is 11.5 Å². The fourth-order valence-electron chi connectivity index (χ4n) is 1.52. The molecule has 0 unspecified atom stereocenters. The van der Waals surface area contributed by atoms with Crippen LogP contribution in [0.3, 0.4) is 0 Å². The van der Waals surface area contributed by atoms with Crippen molar-refractivity contribution < 1.29 is 19.4 Å². The Kier molecular flexibility index (Phi) is 2.59. The molecule has 4 nitrogen and oxygen atoms in total. The summed E-state index contributed by atoms with van der Waals surface area (Å²) in [4.78, 5) is 10.7. The zero-order chi connectivity index (χ0) is 11.8. The Balaban J connectivity index is 2.41. The highest BCUT2D eigenvalue weighted by atomic mass is 16.6. The van der Waals surface area contributed by atoms with Crippen LogP contribution in [0.4, 0.5) is 0 Å². The fraction of sp³-hybridized carbons (Fsp3) is 0.417. The lowest BCUT2D eigenvalue weighted by molar-refractivity contribution is -0.0351. The van der Waals surface area contributed by atoms with Gasteiger partial charge in [-0.05, 0) is 32.0 Å². The fourth-order valence-corrected chi connectivity index (χ4v) is 1.52. The van der Waals surface area contributed by atoms with Crippen LogP contribution in [0.2, 0.25) is 0 Å². The van der Waals surface area contributed by atoms with Gasteiger partial charge in [-0.3, -0.25) is 4.79 Å². The Morgan fingerprint density at radius 2 is 2.19 bits per heavy atom. The summed E-state index contributed by atoms with van der Waals surface area (Å²) < 4.78 is 11.1. The lowest BCUT2D eigenvalue weighted by Crippen LogP contribution is -2.43. The molecule has 16 heavy (non-hydrogen) atoms. The molecule has 0 aromatic heterocycles. The highest BCUT2D eigenvalue weighted by Crippen LogP contribution is 2.35. The number of aliphatic hydroxyl groups excluding tert-OH is 1. The minimum atomic E-state index is -0.729. The smallest absolute Gasteiger partial charge is 0.162 e. The lowest BCUT2D eigenvalue weighted by Gasteiger charge is -2.28. The van der Waals surface area contributed by atoms with Crippen LogP contribution in [0.5, 0.6) is 11.5 Å². The third-order valence-corrected chi connectivity index (χ3v) is 2.68. The van der Waals surface area contributed by atoms with E-state index in [1.54, 1.807) is 32.0 Å². The van der Waals surface area contributed by atoms with E-state index >= 15 is 0 Å². The monoisotopic (exact) mass is 222 g/mol. The van der Waals surface area contributed by atoms with Crippen molar-refractivity contribution in [2.45, 2.75) is 25.6 Å². The molecule has 1 aromatic carbocycles. The van der Waals surface area contributed by atoms with Crippen molar-refractivity contribution in [2.75, 3.05) is 6.61 Å². The van der Waals surface area contributed by atoms with Crippen molar-refractivity contribution in [3.8, 4) is 11.5 Å². The predicted octanol–water partition coefficient (Wildman–Crippen LogP) is 1.41. The summed E-state index contributed by atoms with van der Waals surface area (Å²) in [5.41, 5.74) is -0.207. The molecule has 0 saturated carbocycles. The first-order valence-electron chi connectivity index (χ1n) is 5.12. The molecular formula is C12H14O4. The minimum Gasteiger partial charge on any atom is -0.487 e. The number of carbonyl (C=O) groups is 1. The molecule has 1 atom stereocenters. The second kappa shape index (κ2) is 3.79. The number of benzene rings is 1. The number of rotatable bonds is 1. The summed E-state index contributed by atoms with van der Waals surface area (Å²) in [6.45, 7) is 3.74. The minimum absolute atomic E-state index is 0.181. The van der Waals surface area contributed by atoms with Gasteiger partial charge in [0, 0.05) is 5.56 Å². The van der Waals surface area contributed by atoms with Crippen molar-refractivity contribution >= 4 is 6.29 Å². The maximum absolute atomic E-state index is 10.7. The van der Waals surface area contributed by atoms with Crippen LogP contribution in [0.25, 0.3) is 0 Å². The number of carbonyl (C=O) groups excluding carboxylic acids is 1. The summed E-state index contributed by atoms with van der Waals surface area (Å²) in [6.07, 6.45) is 0.0393. The average Bonchev–Trinajstić information content (AvgIpc) is 2.36. The molecule has 0 bridgehead atoms. The molecule has 0 radical (unpaired) electrons. The zero-order valence-electron chi connectivity index (χ0n) is 9.27. The summed E-state index contributed by atoms with van der Waals surface area (Å²) in [5, 5.41) is 9.80. The van der Waals surface area contributed by atoms with E-state index in [0.29, 0.717) is 17.1 Å². The van der Waals surface area contributed by atoms with Crippen LogP contribution in [0.1, 0.15) is 24.2 Å². The number of hydrogen-bond donors (Lipinski definition) is 1. The SMILES string of the molecule is CC1(C)Oc2cc(C=O)ccc2OC[C@H]1O. The second-order valence-corrected chi connectivity index (χ2v) is 4.36. The number of aliphatic hydroxyl groups is 1. The third-order valence-electron chi connectivity index (χ3n) is 2.68. The van der Waals surface area contributed by atoms with E-state index in [2.05, 4.69) is 0 Å². The van der Waals surface area contributed by atoms with Crippen molar-refractivity contribution in [1.82, 2.24) is 0 Å². The van der Waals surface area contributed by atoms with E-state index in [-0.39, 0.29) is 6.61 Å². The van der Waals surface area contributed by atoms with Gasteiger partial charge in [0.25, 0.3) is 0 Å². The van der Waals surface area contributed by atoms with Crippen LogP contribution in [0, 0.1) is 0 Å². The van der Waals surface area contributed by atoms with Gasteiger partial charge < -0.3 is 14.6 Å². The molecule has 1 aromatic rings. The average molecular weight is 222 g/mol. The van der Waals surface area contributed by atoms with E-state index in [1.165, 1.54) is 0 Å². The quantitative estimate of drug-likeness (QED) is 0.730. The molecular weight excluding hydrogens is 208 g/mol. The van der Waals surface area contributed by atoms with Crippen LogP contribution in [0.15, 0.2) is 18.2 Å². The largest absolute Gasteiger partial charge is 0.487 e. The topological polar surface area (TPSA) is 55.8 Å². The second-order valence-electron chi connectivity index (χ2n) is 4.36. The number of aldehydes is 1. The van der Waals surface area contributed by atoms with Gasteiger partial charge in [-0.25, -0.2) is 0 Å². The molecule has 4 heteroatoms. The lowest BCUT2D eigenvalue weighted by atomic mass is 10.0. The van der Waals surface area contributed by atoms with Crippen molar-refractivity contribution in [3.05, 3.63) is 23.8 Å². The van der Waals surface area contributed by atoms with Crippen molar-refractivity contribution in [1.29, 1.82) is 0 Å². The number of ether oxygens (including phenoxy) is 2. The molecule has 1 aliphatic heterocycles. The highest BCUT2D eigenvalue weighted by Gasteiger charge is 2.34. The molecule has 1 aliphatic rings. The Morgan fingerprint density at radius 1 is 1.44 bits per heavy atom. The maximum atomic E-state index is 10.7. The Labute approximate surface area is 93.8 Å².